The largest absolute Gasteiger partial charge is 0.326 e. The maximum Gasteiger partial charge on any atom is 0.234 e. The number of thioether (sulfide) groups is 1. The fourth-order valence-electron chi connectivity index (χ4n) is 2.18. The summed E-state index contributed by atoms with van der Waals surface area (Å²) in [6.45, 7) is 0. The second kappa shape index (κ2) is 8.13. The third-order valence-corrected chi connectivity index (χ3v) is 5.18. The van der Waals surface area contributed by atoms with Crippen molar-refractivity contribution in [2.24, 2.45) is 5.92 Å². The molecule has 0 spiro atoms. The van der Waals surface area contributed by atoms with E-state index in [9.17, 15) is 9.59 Å². The van der Waals surface area contributed by atoms with Crippen LogP contribution in [0.15, 0.2) is 47.4 Å². The van der Waals surface area contributed by atoms with Crippen LogP contribution in [0.2, 0.25) is 10.0 Å². The Labute approximate surface area is 160 Å². The number of amides is 2. The van der Waals surface area contributed by atoms with Crippen LogP contribution < -0.4 is 10.6 Å². The highest BCUT2D eigenvalue weighted by molar-refractivity contribution is 8.00. The summed E-state index contributed by atoms with van der Waals surface area (Å²) < 4.78 is 0. The second-order valence-corrected chi connectivity index (χ2v) is 7.64. The number of nitrogens with one attached hydrogen (secondary N) is 2. The van der Waals surface area contributed by atoms with Crippen LogP contribution in [0.25, 0.3) is 0 Å². The van der Waals surface area contributed by atoms with Gasteiger partial charge in [0.15, 0.2) is 0 Å². The summed E-state index contributed by atoms with van der Waals surface area (Å²) in [5, 5.41) is 6.59. The first-order valence-electron chi connectivity index (χ1n) is 7.80. The van der Waals surface area contributed by atoms with Gasteiger partial charge in [-0.15, -0.1) is 11.8 Å². The lowest BCUT2D eigenvalue weighted by molar-refractivity contribution is -0.117. The van der Waals surface area contributed by atoms with E-state index in [-0.39, 0.29) is 23.5 Å². The maximum atomic E-state index is 12.1. The minimum absolute atomic E-state index is 0.0653. The summed E-state index contributed by atoms with van der Waals surface area (Å²) in [6.07, 6.45) is 1.93. The van der Waals surface area contributed by atoms with Crippen LogP contribution in [0.4, 0.5) is 11.4 Å². The molecule has 2 N–H and O–H groups in total. The fraction of sp³-hybridized carbons (Fsp3) is 0.222. The van der Waals surface area contributed by atoms with Gasteiger partial charge < -0.3 is 10.6 Å². The number of carbonyl (C=O) groups is 2. The van der Waals surface area contributed by atoms with Gasteiger partial charge in [-0.25, -0.2) is 0 Å². The van der Waals surface area contributed by atoms with Crippen LogP contribution in [0.1, 0.15) is 12.8 Å². The first-order valence-corrected chi connectivity index (χ1v) is 9.54. The minimum atomic E-state index is -0.179. The number of hydrogen-bond acceptors (Lipinski definition) is 3. The van der Waals surface area contributed by atoms with Crippen molar-refractivity contribution < 1.29 is 9.59 Å². The highest BCUT2D eigenvalue weighted by Gasteiger charge is 2.29. The van der Waals surface area contributed by atoms with Crippen LogP contribution >= 0.6 is 35.0 Å². The Kier molecular flexibility index (Phi) is 5.89. The Morgan fingerprint density at radius 1 is 1.08 bits per heavy atom. The Hall–Kier alpha value is -1.69. The number of benzene rings is 2. The van der Waals surface area contributed by atoms with Gasteiger partial charge in [-0.2, -0.15) is 0 Å². The lowest BCUT2D eigenvalue weighted by Gasteiger charge is -2.09. The van der Waals surface area contributed by atoms with E-state index in [1.165, 1.54) is 11.8 Å². The van der Waals surface area contributed by atoms with E-state index >= 15 is 0 Å². The van der Waals surface area contributed by atoms with Crippen molar-refractivity contribution in [2.45, 2.75) is 17.7 Å². The smallest absolute Gasteiger partial charge is 0.234 e. The van der Waals surface area contributed by atoms with E-state index in [1.807, 2.05) is 24.3 Å². The summed E-state index contributed by atoms with van der Waals surface area (Å²) >= 11 is 13.3. The molecule has 0 bridgehead atoms. The molecule has 1 saturated carbocycles. The molecule has 0 atom stereocenters. The molecule has 2 amide bonds. The van der Waals surface area contributed by atoms with Gasteiger partial charge in [-0.3, -0.25) is 9.59 Å². The van der Waals surface area contributed by atoms with Gasteiger partial charge in [0.05, 0.1) is 16.5 Å². The highest BCUT2D eigenvalue weighted by Crippen LogP contribution is 2.31. The molecule has 0 radical (unpaired) electrons. The zero-order valence-electron chi connectivity index (χ0n) is 13.2. The predicted octanol–water partition coefficient (Wildman–Crippen LogP) is 5.07. The van der Waals surface area contributed by atoms with Gasteiger partial charge in [0.1, 0.15) is 0 Å². The highest BCUT2D eigenvalue weighted by atomic mass is 35.5. The predicted molar refractivity (Wildman–Crippen MR) is 104 cm³/mol. The Bertz CT molecular complexity index is 809. The third-order valence-electron chi connectivity index (χ3n) is 3.62. The van der Waals surface area contributed by atoms with Gasteiger partial charge in [-0.05, 0) is 49.2 Å². The maximum absolute atomic E-state index is 12.1. The van der Waals surface area contributed by atoms with Gasteiger partial charge in [0.2, 0.25) is 11.8 Å². The van der Waals surface area contributed by atoms with E-state index in [0.29, 0.717) is 15.7 Å². The lowest BCUT2D eigenvalue weighted by Crippen LogP contribution is -2.14. The molecule has 7 heteroatoms. The molecular formula is C18H16Cl2N2O2S. The number of halogens is 2. The monoisotopic (exact) mass is 394 g/mol. The van der Waals surface area contributed by atoms with Crippen molar-refractivity contribution in [3.8, 4) is 0 Å². The molecule has 2 aromatic carbocycles. The summed E-state index contributed by atoms with van der Waals surface area (Å²) in [5.41, 5.74) is 1.24. The topological polar surface area (TPSA) is 58.2 Å². The normalized spacial score (nSPS) is 13.4. The van der Waals surface area contributed by atoms with Crippen LogP contribution in [-0.4, -0.2) is 17.6 Å². The van der Waals surface area contributed by atoms with E-state index < -0.39 is 0 Å². The second-order valence-electron chi connectivity index (χ2n) is 5.75. The van der Waals surface area contributed by atoms with Crippen molar-refractivity contribution in [1.82, 2.24) is 0 Å². The van der Waals surface area contributed by atoms with Gasteiger partial charge in [0, 0.05) is 21.5 Å². The zero-order valence-corrected chi connectivity index (χ0v) is 15.5. The standard InChI is InChI=1S/C18H16Cl2N2O2S/c19-12-6-7-15(20)16(8-12)22-17(23)10-25-14-3-1-2-13(9-14)21-18(24)11-4-5-11/h1-3,6-9,11H,4-5,10H2,(H,21,24)(H,22,23). The van der Waals surface area contributed by atoms with E-state index in [0.717, 1.165) is 23.4 Å². The molecule has 0 unspecified atom stereocenters. The molecule has 4 nitrogen and oxygen atoms in total. The van der Waals surface area contributed by atoms with E-state index in [2.05, 4.69) is 10.6 Å². The molecular weight excluding hydrogens is 379 g/mol. The third kappa shape index (κ3) is 5.39. The molecule has 1 fully saturated rings. The van der Waals surface area contributed by atoms with Gasteiger partial charge in [0.25, 0.3) is 0 Å². The van der Waals surface area contributed by atoms with Crippen LogP contribution in [0.3, 0.4) is 0 Å². The van der Waals surface area contributed by atoms with E-state index in [1.54, 1.807) is 18.2 Å². The van der Waals surface area contributed by atoms with Crippen molar-refractivity contribution in [2.75, 3.05) is 16.4 Å². The summed E-state index contributed by atoms with van der Waals surface area (Å²) in [4.78, 5) is 24.8. The molecule has 25 heavy (non-hydrogen) atoms. The summed E-state index contributed by atoms with van der Waals surface area (Å²) in [6, 6.07) is 12.4. The molecule has 3 rings (SSSR count). The molecule has 0 aliphatic heterocycles. The number of hydrogen-bond donors (Lipinski definition) is 2. The number of rotatable bonds is 6. The van der Waals surface area contributed by atoms with E-state index in [4.69, 9.17) is 23.2 Å². The lowest BCUT2D eigenvalue weighted by atomic mass is 10.3. The minimum Gasteiger partial charge on any atom is -0.326 e. The van der Waals surface area contributed by atoms with Gasteiger partial charge in [-0.1, -0.05) is 29.3 Å². The molecule has 0 heterocycles. The number of anilines is 2. The fourth-order valence-corrected chi connectivity index (χ4v) is 3.27. The Morgan fingerprint density at radius 3 is 2.64 bits per heavy atom. The first-order chi connectivity index (χ1) is 12.0. The quantitative estimate of drug-likeness (QED) is 0.672. The Morgan fingerprint density at radius 2 is 1.88 bits per heavy atom. The molecule has 1 aliphatic carbocycles. The van der Waals surface area contributed by atoms with Crippen molar-refractivity contribution in [3.05, 3.63) is 52.5 Å². The number of carbonyl (C=O) groups excluding carboxylic acids is 2. The average molecular weight is 395 g/mol. The molecule has 0 saturated heterocycles. The van der Waals surface area contributed by atoms with Crippen molar-refractivity contribution >= 4 is 58.2 Å². The van der Waals surface area contributed by atoms with Crippen molar-refractivity contribution in [3.63, 3.8) is 0 Å². The average Bonchev–Trinajstić information content (AvgIpc) is 3.42. The first kappa shape index (κ1) is 18.1. The molecule has 1 aliphatic rings. The van der Waals surface area contributed by atoms with Crippen LogP contribution in [-0.2, 0) is 9.59 Å². The van der Waals surface area contributed by atoms with Gasteiger partial charge >= 0.3 is 0 Å². The zero-order chi connectivity index (χ0) is 17.8. The van der Waals surface area contributed by atoms with Crippen LogP contribution in [0.5, 0.6) is 0 Å². The Balaban J connectivity index is 1.54. The van der Waals surface area contributed by atoms with Crippen molar-refractivity contribution in [1.29, 1.82) is 0 Å². The summed E-state index contributed by atoms with van der Waals surface area (Å²) in [7, 11) is 0. The molecule has 0 aromatic heterocycles. The van der Waals surface area contributed by atoms with Crippen LogP contribution in [0, 0.1) is 5.92 Å². The SMILES string of the molecule is O=C(CSc1cccc(NC(=O)C2CC2)c1)Nc1cc(Cl)ccc1Cl. The molecule has 130 valence electrons. The molecule has 2 aromatic rings. The summed E-state index contributed by atoms with van der Waals surface area (Å²) in [5.74, 6) is 0.268.